The van der Waals surface area contributed by atoms with Crippen LogP contribution in [0.15, 0.2) is 82.4 Å². The molecule has 1 aliphatic heterocycles. The van der Waals surface area contributed by atoms with Gasteiger partial charge in [0.05, 0.1) is 10.5 Å². The van der Waals surface area contributed by atoms with Crippen molar-refractivity contribution in [3.63, 3.8) is 0 Å². The number of rotatable bonds is 5. The number of likely N-dealkylation sites (tertiary alicyclic amines) is 1. The van der Waals surface area contributed by atoms with E-state index in [9.17, 15) is 9.90 Å². The van der Waals surface area contributed by atoms with Gasteiger partial charge in [0.2, 0.25) is 0 Å². The Kier molecular flexibility index (Phi) is 6.01. The van der Waals surface area contributed by atoms with Gasteiger partial charge in [-0.25, -0.2) is 4.98 Å². The van der Waals surface area contributed by atoms with Gasteiger partial charge in [-0.2, -0.15) is 0 Å². The number of halogens is 1. The first-order valence-corrected chi connectivity index (χ1v) is 11.8. The zero-order chi connectivity index (χ0) is 22.8. The first kappa shape index (κ1) is 21.8. The van der Waals surface area contributed by atoms with Gasteiger partial charge in [0, 0.05) is 34.9 Å². The number of piperidine rings is 1. The molecule has 33 heavy (non-hydrogen) atoms. The molecule has 0 unspecified atom stereocenters. The number of benzene rings is 3. The minimum atomic E-state index is -1.01. The van der Waals surface area contributed by atoms with Gasteiger partial charge < -0.3 is 19.1 Å². The number of carbonyl (C=O) groups is 1. The van der Waals surface area contributed by atoms with Crippen molar-refractivity contribution in [3.05, 3.63) is 89.3 Å². The number of oxazole rings is 1. The summed E-state index contributed by atoms with van der Waals surface area (Å²) in [6, 6.07) is 20.5. The highest BCUT2D eigenvalue weighted by atomic mass is 35.5. The quantitative estimate of drug-likeness (QED) is 0.356. The van der Waals surface area contributed by atoms with Gasteiger partial charge in [-0.15, -0.1) is 0 Å². The molecule has 1 saturated heterocycles. The van der Waals surface area contributed by atoms with Crippen LogP contribution < -0.4 is 4.72 Å². The standard InChI is InChI=1S/C25H22ClN3O3S/c26-20-5-2-1-4-19(20)25(31)12-14-29(15-13-25)24(30)17-8-10-18(11-9-17)28-33-22-7-3-6-21-23(22)27-16-32-21/h1-11,16,28,31H,12-15H2. The van der Waals surface area contributed by atoms with Crippen LogP contribution in [0.2, 0.25) is 5.02 Å². The molecule has 6 nitrogen and oxygen atoms in total. The third-order valence-electron chi connectivity index (χ3n) is 5.99. The molecule has 1 fully saturated rings. The van der Waals surface area contributed by atoms with E-state index < -0.39 is 5.60 Å². The Labute approximate surface area is 200 Å². The number of nitrogens with one attached hydrogen (secondary N) is 1. The lowest BCUT2D eigenvalue weighted by molar-refractivity contribution is -0.0210. The lowest BCUT2D eigenvalue weighted by Crippen LogP contribution is -2.45. The van der Waals surface area contributed by atoms with E-state index in [-0.39, 0.29) is 5.91 Å². The molecule has 2 N–H and O–H groups in total. The van der Waals surface area contributed by atoms with Crippen LogP contribution in [0.25, 0.3) is 11.1 Å². The van der Waals surface area contributed by atoms with Crippen molar-refractivity contribution < 1.29 is 14.3 Å². The molecule has 168 valence electrons. The highest BCUT2D eigenvalue weighted by Gasteiger charge is 2.36. The van der Waals surface area contributed by atoms with E-state index in [4.69, 9.17) is 16.0 Å². The number of para-hydroxylation sites is 1. The number of nitrogens with zero attached hydrogens (tertiary/aromatic N) is 2. The van der Waals surface area contributed by atoms with Crippen molar-refractivity contribution in [2.45, 2.75) is 23.3 Å². The summed E-state index contributed by atoms with van der Waals surface area (Å²) in [5.41, 5.74) is 2.77. The lowest BCUT2D eigenvalue weighted by atomic mass is 9.84. The number of amides is 1. The van der Waals surface area contributed by atoms with Crippen LogP contribution in [-0.2, 0) is 5.60 Å². The first-order valence-electron chi connectivity index (χ1n) is 10.7. The fourth-order valence-corrected chi connectivity index (χ4v) is 5.18. The van der Waals surface area contributed by atoms with Gasteiger partial charge in [0.25, 0.3) is 5.91 Å². The second kappa shape index (κ2) is 9.09. The van der Waals surface area contributed by atoms with E-state index in [1.54, 1.807) is 11.0 Å². The van der Waals surface area contributed by atoms with Crippen LogP contribution in [0.3, 0.4) is 0 Å². The summed E-state index contributed by atoms with van der Waals surface area (Å²) in [5, 5.41) is 11.6. The third-order valence-corrected chi connectivity index (χ3v) is 7.20. The molecule has 1 aliphatic rings. The molecule has 0 spiro atoms. The smallest absolute Gasteiger partial charge is 0.253 e. The van der Waals surface area contributed by atoms with Crippen molar-refractivity contribution in [2.24, 2.45) is 0 Å². The molecular weight excluding hydrogens is 458 g/mol. The molecule has 0 bridgehead atoms. The van der Waals surface area contributed by atoms with Crippen molar-refractivity contribution in [1.82, 2.24) is 9.88 Å². The maximum Gasteiger partial charge on any atom is 0.253 e. The van der Waals surface area contributed by atoms with Gasteiger partial charge in [0.15, 0.2) is 12.0 Å². The number of aromatic nitrogens is 1. The molecular formula is C25H22ClN3O3S. The topological polar surface area (TPSA) is 78.6 Å². The molecule has 8 heteroatoms. The summed E-state index contributed by atoms with van der Waals surface area (Å²) >= 11 is 7.73. The van der Waals surface area contributed by atoms with Crippen LogP contribution in [0, 0.1) is 0 Å². The molecule has 0 radical (unpaired) electrons. The predicted molar refractivity (Wildman–Crippen MR) is 130 cm³/mol. The molecule has 1 amide bonds. The Hall–Kier alpha value is -3.00. The van der Waals surface area contributed by atoms with Gasteiger partial charge in [0.1, 0.15) is 5.52 Å². The van der Waals surface area contributed by atoms with Crippen LogP contribution >= 0.6 is 23.5 Å². The molecule has 4 aromatic rings. The summed E-state index contributed by atoms with van der Waals surface area (Å²) in [5.74, 6) is -0.0391. The number of carbonyl (C=O) groups excluding carboxylic acids is 1. The highest BCUT2D eigenvalue weighted by Crippen LogP contribution is 2.37. The Bertz CT molecular complexity index is 1280. The number of aliphatic hydroxyl groups is 1. The first-order chi connectivity index (χ1) is 16.0. The van der Waals surface area contributed by atoms with Gasteiger partial charge in [-0.3, -0.25) is 4.79 Å². The monoisotopic (exact) mass is 479 g/mol. The largest absolute Gasteiger partial charge is 0.443 e. The summed E-state index contributed by atoms with van der Waals surface area (Å²) < 4.78 is 8.62. The normalized spacial score (nSPS) is 15.5. The van der Waals surface area contributed by atoms with Crippen LogP contribution in [0.4, 0.5) is 5.69 Å². The van der Waals surface area contributed by atoms with E-state index >= 15 is 0 Å². The zero-order valence-corrected chi connectivity index (χ0v) is 19.3. The van der Waals surface area contributed by atoms with Crippen LogP contribution in [-0.4, -0.2) is 34.0 Å². The molecule has 0 saturated carbocycles. The number of anilines is 1. The predicted octanol–water partition coefficient (Wildman–Crippen LogP) is 5.72. The summed E-state index contributed by atoms with van der Waals surface area (Å²) in [6.07, 6.45) is 2.34. The van der Waals surface area contributed by atoms with Crippen molar-refractivity contribution in [2.75, 3.05) is 17.8 Å². The fraction of sp³-hybridized carbons (Fsp3) is 0.200. The van der Waals surface area contributed by atoms with E-state index in [0.717, 1.165) is 27.2 Å². The second-order valence-corrected chi connectivity index (χ2v) is 9.30. The third kappa shape index (κ3) is 4.44. The molecule has 3 aromatic carbocycles. The average Bonchev–Trinajstić information content (AvgIpc) is 3.33. The van der Waals surface area contributed by atoms with Crippen molar-refractivity contribution >= 4 is 46.2 Å². The fourth-order valence-electron chi connectivity index (χ4n) is 4.11. The Morgan fingerprint density at radius 3 is 2.58 bits per heavy atom. The zero-order valence-electron chi connectivity index (χ0n) is 17.7. The number of hydrogen-bond donors (Lipinski definition) is 2. The maximum atomic E-state index is 13.0. The average molecular weight is 480 g/mol. The highest BCUT2D eigenvalue weighted by molar-refractivity contribution is 8.00. The Morgan fingerprint density at radius 1 is 1.06 bits per heavy atom. The molecule has 0 aliphatic carbocycles. The van der Waals surface area contributed by atoms with Crippen LogP contribution in [0.1, 0.15) is 28.8 Å². The van der Waals surface area contributed by atoms with Crippen LogP contribution in [0.5, 0.6) is 0 Å². The summed E-state index contributed by atoms with van der Waals surface area (Å²) in [6.45, 7) is 0.941. The molecule has 5 rings (SSSR count). The summed E-state index contributed by atoms with van der Waals surface area (Å²) in [7, 11) is 0. The second-order valence-electron chi connectivity index (χ2n) is 8.04. The molecule has 0 atom stereocenters. The lowest BCUT2D eigenvalue weighted by Gasteiger charge is -2.39. The van der Waals surface area contributed by atoms with Gasteiger partial charge in [-0.05, 0) is 67.3 Å². The van der Waals surface area contributed by atoms with E-state index in [1.807, 2.05) is 60.7 Å². The SMILES string of the molecule is O=C(c1ccc(NSc2cccc3ocnc23)cc1)N1CCC(O)(c2ccccc2Cl)CC1. The van der Waals surface area contributed by atoms with Crippen molar-refractivity contribution in [3.8, 4) is 0 Å². The van der Waals surface area contributed by atoms with E-state index in [2.05, 4.69) is 9.71 Å². The van der Waals surface area contributed by atoms with E-state index in [1.165, 1.54) is 18.3 Å². The van der Waals surface area contributed by atoms with E-state index in [0.29, 0.717) is 36.5 Å². The van der Waals surface area contributed by atoms with Gasteiger partial charge in [-0.1, -0.05) is 35.9 Å². The molecule has 2 heterocycles. The molecule has 1 aromatic heterocycles. The maximum absolute atomic E-state index is 13.0. The minimum Gasteiger partial charge on any atom is -0.443 e. The Balaban J connectivity index is 1.20. The van der Waals surface area contributed by atoms with Gasteiger partial charge >= 0.3 is 0 Å². The number of hydrogen-bond acceptors (Lipinski definition) is 6. The summed E-state index contributed by atoms with van der Waals surface area (Å²) in [4.78, 5) is 20.0. The minimum absolute atomic E-state index is 0.0391. The van der Waals surface area contributed by atoms with Crippen molar-refractivity contribution in [1.29, 1.82) is 0 Å². The Morgan fingerprint density at radius 2 is 1.82 bits per heavy atom. The number of fused-ring (bicyclic) bond motifs is 1.